The molecular formula is C15H35N2OP. The Balaban J connectivity index is 4.17. The van der Waals surface area contributed by atoms with Crippen LogP contribution in [0.4, 0.5) is 0 Å². The molecule has 0 aromatic carbocycles. The first-order valence-corrected chi connectivity index (χ1v) is 9.89. The van der Waals surface area contributed by atoms with Gasteiger partial charge in [0.05, 0.1) is 0 Å². The average molecular weight is 290 g/mol. The van der Waals surface area contributed by atoms with Crippen molar-refractivity contribution in [3.8, 4) is 0 Å². The van der Waals surface area contributed by atoms with E-state index >= 15 is 0 Å². The summed E-state index contributed by atoms with van der Waals surface area (Å²) < 4.78 is 12.2. The van der Waals surface area contributed by atoms with Crippen molar-refractivity contribution in [3.63, 3.8) is 0 Å². The largest absolute Gasteiger partial charge is 0.289 e. The molecule has 0 heterocycles. The molecule has 19 heavy (non-hydrogen) atoms. The molecule has 0 aliphatic carbocycles. The number of nitrogens with two attached hydrogens (primary N) is 2. The summed E-state index contributed by atoms with van der Waals surface area (Å²) in [5.41, 5.74) is 11.6. The number of rotatable bonds is 12. The molecule has 0 aliphatic heterocycles. The molecule has 0 saturated heterocycles. The molecule has 0 amide bonds. The summed E-state index contributed by atoms with van der Waals surface area (Å²) in [6.07, 6.45) is 12.7. The van der Waals surface area contributed by atoms with Crippen LogP contribution in [0.3, 0.4) is 0 Å². The van der Waals surface area contributed by atoms with Gasteiger partial charge >= 0.3 is 0 Å². The molecule has 1 unspecified atom stereocenters. The summed E-state index contributed by atoms with van der Waals surface area (Å²) in [5.74, 6) is 0. The SMILES string of the molecule is CCCCCCCC(C)(CCCCCC)P(N)(N)=O. The van der Waals surface area contributed by atoms with Crippen LogP contribution in [-0.4, -0.2) is 5.16 Å². The Morgan fingerprint density at radius 1 is 0.789 bits per heavy atom. The average Bonchev–Trinajstić information content (AvgIpc) is 2.33. The zero-order valence-electron chi connectivity index (χ0n) is 13.3. The first kappa shape index (κ1) is 19.1. The van der Waals surface area contributed by atoms with Crippen molar-refractivity contribution in [2.75, 3.05) is 0 Å². The Morgan fingerprint density at radius 3 is 1.53 bits per heavy atom. The van der Waals surface area contributed by atoms with Crippen molar-refractivity contribution in [2.45, 2.75) is 96.6 Å². The third-order valence-electron chi connectivity index (χ3n) is 4.23. The van der Waals surface area contributed by atoms with Gasteiger partial charge in [-0.3, -0.25) is 15.6 Å². The molecule has 0 spiro atoms. The van der Waals surface area contributed by atoms with E-state index in [9.17, 15) is 4.57 Å². The molecule has 3 nitrogen and oxygen atoms in total. The third-order valence-corrected chi connectivity index (χ3v) is 6.37. The first-order valence-electron chi connectivity index (χ1n) is 8.04. The molecule has 116 valence electrons. The van der Waals surface area contributed by atoms with Gasteiger partial charge in [0.1, 0.15) is 0 Å². The standard InChI is InChI=1S/C15H35N2OP/c1-4-6-8-10-12-14-15(3,19(16,17)18)13-11-9-7-5-2/h4-14H2,1-3H3,(H4,16,17,18). The van der Waals surface area contributed by atoms with Gasteiger partial charge in [-0.1, -0.05) is 78.6 Å². The first-order chi connectivity index (χ1) is 8.87. The van der Waals surface area contributed by atoms with E-state index in [1.165, 1.54) is 44.9 Å². The molecule has 0 aliphatic rings. The minimum Gasteiger partial charge on any atom is -0.289 e. The van der Waals surface area contributed by atoms with E-state index in [0.29, 0.717) is 0 Å². The lowest BCUT2D eigenvalue weighted by Crippen LogP contribution is -2.33. The van der Waals surface area contributed by atoms with Crippen LogP contribution in [0.5, 0.6) is 0 Å². The molecule has 0 rings (SSSR count). The second-order valence-corrected chi connectivity index (χ2v) is 8.68. The minimum absolute atomic E-state index is 0.354. The molecule has 4 N–H and O–H groups in total. The van der Waals surface area contributed by atoms with E-state index in [1.54, 1.807) is 0 Å². The lowest BCUT2D eigenvalue weighted by molar-refractivity contribution is 0.436. The maximum absolute atomic E-state index is 12.2. The monoisotopic (exact) mass is 290 g/mol. The Kier molecular flexibility index (Phi) is 10.0. The van der Waals surface area contributed by atoms with E-state index in [-0.39, 0.29) is 5.16 Å². The lowest BCUT2D eigenvalue weighted by atomic mass is 9.95. The van der Waals surface area contributed by atoms with Crippen molar-refractivity contribution in [2.24, 2.45) is 11.0 Å². The Hall–Kier alpha value is 0.150. The van der Waals surface area contributed by atoms with Crippen molar-refractivity contribution >= 4 is 7.44 Å². The van der Waals surface area contributed by atoms with Gasteiger partial charge in [0, 0.05) is 5.16 Å². The quantitative estimate of drug-likeness (QED) is 0.384. The van der Waals surface area contributed by atoms with Crippen LogP contribution in [0.1, 0.15) is 91.4 Å². The molecular weight excluding hydrogens is 255 g/mol. The minimum atomic E-state index is -2.99. The van der Waals surface area contributed by atoms with Crippen LogP contribution in [0.25, 0.3) is 0 Å². The highest BCUT2D eigenvalue weighted by molar-refractivity contribution is 7.60. The van der Waals surface area contributed by atoms with Crippen molar-refractivity contribution in [1.29, 1.82) is 0 Å². The number of hydrogen-bond acceptors (Lipinski definition) is 1. The molecule has 4 heteroatoms. The highest BCUT2D eigenvalue weighted by Gasteiger charge is 2.37. The highest BCUT2D eigenvalue weighted by atomic mass is 31.2. The topological polar surface area (TPSA) is 69.1 Å². The van der Waals surface area contributed by atoms with Gasteiger partial charge in [-0.15, -0.1) is 0 Å². The van der Waals surface area contributed by atoms with E-state index < -0.39 is 7.44 Å². The fourth-order valence-corrected chi connectivity index (χ4v) is 3.53. The van der Waals surface area contributed by atoms with Crippen LogP contribution in [0.15, 0.2) is 0 Å². The van der Waals surface area contributed by atoms with Gasteiger partial charge in [0.25, 0.3) is 0 Å². The van der Waals surface area contributed by atoms with Crippen molar-refractivity contribution in [3.05, 3.63) is 0 Å². The third kappa shape index (κ3) is 8.12. The zero-order chi connectivity index (χ0) is 14.8. The zero-order valence-corrected chi connectivity index (χ0v) is 14.2. The fraction of sp³-hybridized carbons (Fsp3) is 1.00. The van der Waals surface area contributed by atoms with Crippen LogP contribution < -0.4 is 11.0 Å². The van der Waals surface area contributed by atoms with E-state index in [0.717, 1.165) is 25.7 Å². The van der Waals surface area contributed by atoms with E-state index in [2.05, 4.69) is 13.8 Å². The summed E-state index contributed by atoms with van der Waals surface area (Å²) in [5, 5.41) is -0.354. The molecule has 1 atom stereocenters. The van der Waals surface area contributed by atoms with Gasteiger partial charge in [0.15, 0.2) is 0 Å². The molecule has 0 fully saturated rings. The molecule has 0 aromatic heterocycles. The van der Waals surface area contributed by atoms with E-state index in [4.69, 9.17) is 11.0 Å². The smallest absolute Gasteiger partial charge is 0.211 e. The van der Waals surface area contributed by atoms with Gasteiger partial charge < -0.3 is 0 Å². The molecule has 0 bridgehead atoms. The Morgan fingerprint density at radius 2 is 1.16 bits per heavy atom. The number of unbranched alkanes of at least 4 members (excludes halogenated alkanes) is 7. The summed E-state index contributed by atoms with van der Waals surface area (Å²) in [6, 6.07) is 0. The summed E-state index contributed by atoms with van der Waals surface area (Å²) in [6.45, 7) is 6.44. The molecule has 0 radical (unpaired) electrons. The molecule has 0 saturated carbocycles. The maximum atomic E-state index is 12.2. The summed E-state index contributed by atoms with van der Waals surface area (Å²) in [4.78, 5) is 0. The molecule has 0 aromatic rings. The normalized spacial score (nSPS) is 15.4. The van der Waals surface area contributed by atoms with Crippen LogP contribution >= 0.6 is 7.44 Å². The number of hydrogen-bond donors (Lipinski definition) is 2. The maximum Gasteiger partial charge on any atom is 0.211 e. The predicted octanol–water partition coefficient (Wildman–Crippen LogP) is 5.19. The predicted molar refractivity (Wildman–Crippen MR) is 86.5 cm³/mol. The lowest BCUT2D eigenvalue weighted by Gasteiger charge is -2.33. The van der Waals surface area contributed by atoms with Crippen LogP contribution in [-0.2, 0) is 4.57 Å². The van der Waals surface area contributed by atoms with E-state index in [1.807, 2.05) is 6.92 Å². The van der Waals surface area contributed by atoms with Gasteiger partial charge in [-0.05, 0) is 12.8 Å². The second kappa shape index (κ2) is 9.96. The summed E-state index contributed by atoms with van der Waals surface area (Å²) in [7, 11) is -2.99. The van der Waals surface area contributed by atoms with Gasteiger partial charge in [-0.2, -0.15) is 0 Å². The van der Waals surface area contributed by atoms with Crippen molar-refractivity contribution < 1.29 is 4.57 Å². The van der Waals surface area contributed by atoms with Gasteiger partial charge in [-0.25, -0.2) is 0 Å². The second-order valence-electron chi connectivity index (χ2n) is 6.18. The Labute approximate surface area is 120 Å². The highest BCUT2D eigenvalue weighted by Crippen LogP contribution is 2.50. The van der Waals surface area contributed by atoms with Crippen molar-refractivity contribution in [1.82, 2.24) is 0 Å². The van der Waals surface area contributed by atoms with Crippen LogP contribution in [0, 0.1) is 0 Å². The Bertz CT molecular complexity index is 265. The fourth-order valence-electron chi connectivity index (χ4n) is 2.52. The van der Waals surface area contributed by atoms with Crippen LogP contribution in [0.2, 0.25) is 0 Å². The summed E-state index contributed by atoms with van der Waals surface area (Å²) >= 11 is 0. The van der Waals surface area contributed by atoms with Gasteiger partial charge in [0.2, 0.25) is 7.44 Å².